The summed E-state index contributed by atoms with van der Waals surface area (Å²) in [4.78, 5) is 0. The van der Waals surface area contributed by atoms with Crippen molar-refractivity contribution in [3.8, 4) is 0 Å². The highest BCUT2D eigenvalue weighted by Crippen LogP contribution is 2.33. The molecule has 3 heteroatoms. The van der Waals surface area contributed by atoms with E-state index >= 15 is 0 Å². The first-order valence-corrected chi connectivity index (χ1v) is 7.70. The van der Waals surface area contributed by atoms with Gasteiger partial charge in [0.2, 0.25) is 0 Å². The van der Waals surface area contributed by atoms with Crippen LogP contribution in [0, 0.1) is 5.92 Å². The average Bonchev–Trinajstić information content (AvgIpc) is 2.36. The van der Waals surface area contributed by atoms with Gasteiger partial charge in [-0.05, 0) is 38.6 Å². The van der Waals surface area contributed by atoms with Crippen molar-refractivity contribution in [1.29, 1.82) is 0 Å². The zero-order chi connectivity index (χ0) is 13.0. The standard InChI is InChI=1S/C15H29NO2/c1-4-9-17-15-12(16-3)10-14(15)18-13-8-6-5-7-11(13)2/h11-16H,4-10H2,1-3H3. The number of ether oxygens (including phenoxy) is 2. The fourth-order valence-corrected chi connectivity index (χ4v) is 3.18. The summed E-state index contributed by atoms with van der Waals surface area (Å²) >= 11 is 0. The van der Waals surface area contributed by atoms with Crippen LogP contribution < -0.4 is 5.32 Å². The number of likely N-dealkylation sites (N-methyl/N-ethyl adjacent to an activating group) is 1. The lowest BCUT2D eigenvalue weighted by atomic mass is 9.83. The van der Waals surface area contributed by atoms with E-state index in [0.29, 0.717) is 18.2 Å². The molecule has 2 saturated carbocycles. The summed E-state index contributed by atoms with van der Waals surface area (Å²) < 4.78 is 12.2. The molecule has 5 atom stereocenters. The van der Waals surface area contributed by atoms with Gasteiger partial charge in [-0.3, -0.25) is 0 Å². The molecule has 3 nitrogen and oxygen atoms in total. The smallest absolute Gasteiger partial charge is 0.0990 e. The zero-order valence-corrected chi connectivity index (χ0v) is 12.2. The summed E-state index contributed by atoms with van der Waals surface area (Å²) in [6, 6.07) is 0.487. The summed E-state index contributed by atoms with van der Waals surface area (Å²) in [5.41, 5.74) is 0. The van der Waals surface area contributed by atoms with Crippen molar-refractivity contribution in [3.63, 3.8) is 0 Å². The van der Waals surface area contributed by atoms with Gasteiger partial charge in [0.25, 0.3) is 0 Å². The normalized spacial score (nSPS) is 40.5. The first-order valence-electron chi connectivity index (χ1n) is 7.70. The third kappa shape index (κ3) is 3.25. The Balaban J connectivity index is 1.80. The Labute approximate surface area is 112 Å². The predicted octanol–water partition coefficient (Wildman–Crippen LogP) is 2.74. The lowest BCUT2D eigenvalue weighted by molar-refractivity contribution is -0.179. The third-order valence-electron chi connectivity index (χ3n) is 4.52. The SMILES string of the molecule is CCCOC1C(NC)CC1OC1CCCCC1C. The van der Waals surface area contributed by atoms with Crippen molar-refractivity contribution in [2.75, 3.05) is 13.7 Å². The van der Waals surface area contributed by atoms with E-state index in [1.54, 1.807) is 0 Å². The van der Waals surface area contributed by atoms with Gasteiger partial charge in [-0.1, -0.05) is 26.7 Å². The zero-order valence-electron chi connectivity index (χ0n) is 12.2. The number of hydrogen-bond acceptors (Lipinski definition) is 3. The Morgan fingerprint density at radius 3 is 2.61 bits per heavy atom. The van der Waals surface area contributed by atoms with Gasteiger partial charge < -0.3 is 14.8 Å². The minimum absolute atomic E-state index is 0.268. The van der Waals surface area contributed by atoms with Gasteiger partial charge in [0, 0.05) is 12.6 Å². The van der Waals surface area contributed by atoms with E-state index in [2.05, 4.69) is 19.2 Å². The largest absolute Gasteiger partial charge is 0.374 e. The summed E-state index contributed by atoms with van der Waals surface area (Å²) in [5, 5.41) is 3.33. The molecule has 1 N–H and O–H groups in total. The number of rotatable bonds is 6. The van der Waals surface area contributed by atoms with Crippen molar-refractivity contribution in [2.45, 2.75) is 76.7 Å². The van der Waals surface area contributed by atoms with Gasteiger partial charge >= 0.3 is 0 Å². The van der Waals surface area contributed by atoms with Crippen LogP contribution in [0.4, 0.5) is 0 Å². The van der Waals surface area contributed by atoms with Gasteiger partial charge in [0.1, 0.15) is 0 Å². The molecule has 2 fully saturated rings. The second-order valence-electron chi connectivity index (χ2n) is 5.94. The molecule has 0 aromatic rings. The average molecular weight is 255 g/mol. The van der Waals surface area contributed by atoms with Crippen LogP contribution in [0.2, 0.25) is 0 Å². The van der Waals surface area contributed by atoms with Gasteiger partial charge in [0.15, 0.2) is 0 Å². The highest BCUT2D eigenvalue weighted by atomic mass is 16.6. The van der Waals surface area contributed by atoms with Crippen molar-refractivity contribution >= 4 is 0 Å². The van der Waals surface area contributed by atoms with Crippen molar-refractivity contribution in [3.05, 3.63) is 0 Å². The fraction of sp³-hybridized carbons (Fsp3) is 1.00. The summed E-state index contributed by atoms with van der Waals surface area (Å²) in [6.45, 7) is 5.34. The van der Waals surface area contributed by atoms with Crippen LogP contribution >= 0.6 is 0 Å². The molecule has 2 aliphatic rings. The summed E-state index contributed by atoms with van der Waals surface area (Å²) in [5.74, 6) is 0.721. The van der Waals surface area contributed by atoms with Crippen LogP contribution in [0.15, 0.2) is 0 Å². The molecule has 18 heavy (non-hydrogen) atoms. The molecule has 0 aromatic heterocycles. The van der Waals surface area contributed by atoms with E-state index in [4.69, 9.17) is 9.47 Å². The van der Waals surface area contributed by atoms with Crippen LogP contribution in [-0.4, -0.2) is 38.0 Å². The minimum atomic E-state index is 0.268. The third-order valence-corrected chi connectivity index (χ3v) is 4.52. The van der Waals surface area contributed by atoms with Crippen molar-refractivity contribution < 1.29 is 9.47 Å². The van der Waals surface area contributed by atoms with E-state index in [-0.39, 0.29) is 6.10 Å². The highest BCUT2D eigenvalue weighted by Gasteiger charge is 2.43. The summed E-state index contributed by atoms with van der Waals surface area (Å²) in [6.07, 6.45) is 8.51. The van der Waals surface area contributed by atoms with Gasteiger partial charge in [-0.2, -0.15) is 0 Å². The number of nitrogens with one attached hydrogen (secondary N) is 1. The molecule has 2 aliphatic carbocycles. The molecule has 0 spiro atoms. The van der Waals surface area contributed by atoms with E-state index in [1.165, 1.54) is 25.7 Å². The fourth-order valence-electron chi connectivity index (χ4n) is 3.18. The molecule has 0 radical (unpaired) electrons. The Morgan fingerprint density at radius 1 is 1.17 bits per heavy atom. The van der Waals surface area contributed by atoms with Crippen LogP contribution in [0.5, 0.6) is 0 Å². The Bertz CT molecular complexity index is 247. The maximum Gasteiger partial charge on any atom is 0.0990 e. The maximum atomic E-state index is 6.32. The predicted molar refractivity (Wildman–Crippen MR) is 73.8 cm³/mol. The van der Waals surface area contributed by atoms with Crippen molar-refractivity contribution in [1.82, 2.24) is 5.32 Å². The monoisotopic (exact) mass is 255 g/mol. The van der Waals surface area contributed by atoms with Gasteiger partial charge in [0.05, 0.1) is 18.3 Å². The van der Waals surface area contributed by atoms with Crippen LogP contribution in [0.3, 0.4) is 0 Å². The lowest BCUT2D eigenvalue weighted by Gasteiger charge is -2.46. The van der Waals surface area contributed by atoms with E-state index < -0.39 is 0 Å². The van der Waals surface area contributed by atoms with Crippen LogP contribution in [0.1, 0.15) is 52.4 Å². The molecule has 0 bridgehead atoms. The van der Waals surface area contributed by atoms with Crippen molar-refractivity contribution in [2.24, 2.45) is 5.92 Å². The lowest BCUT2D eigenvalue weighted by Crippen LogP contribution is -2.60. The maximum absolute atomic E-state index is 6.32. The van der Waals surface area contributed by atoms with E-state index in [0.717, 1.165) is 25.4 Å². The molecular formula is C15H29NO2. The molecule has 2 rings (SSSR count). The molecule has 0 aromatic carbocycles. The van der Waals surface area contributed by atoms with Gasteiger partial charge in [-0.15, -0.1) is 0 Å². The second kappa shape index (κ2) is 6.88. The topological polar surface area (TPSA) is 30.5 Å². The highest BCUT2D eigenvalue weighted by molar-refractivity contribution is 4.97. The molecule has 0 aliphatic heterocycles. The minimum Gasteiger partial charge on any atom is -0.374 e. The first kappa shape index (κ1) is 14.3. The molecule has 5 unspecified atom stereocenters. The van der Waals surface area contributed by atoms with Crippen LogP contribution in [-0.2, 0) is 9.47 Å². The molecule has 106 valence electrons. The number of hydrogen-bond donors (Lipinski definition) is 1. The summed E-state index contributed by atoms with van der Waals surface area (Å²) in [7, 11) is 2.02. The molecule has 0 saturated heterocycles. The van der Waals surface area contributed by atoms with E-state index in [9.17, 15) is 0 Å². The molecule has 0 heterocycles. The molecular weight excluding hydrogens is 226 g/mol. The quantitative estimate of drug-likeness (QED) is 0.791. The Hall–Kier alpha value is -0.120. The second-order valence-corrected chi connectivity index (χ2v) is 5.94. The van der Waals surface area contributed by atoms with Gasteiger partial charge in [-0.25, -0.2) is 0 Å². The first-order chi connectivity index (χ1) is 8.76. The Kier molecular flexibility index (Phi) is 5.46. The van der Waals surface area contributed by atoms with E-state index in [1.807, 2.05) is 7.05 Å². The molecule has 0 amide bonds. The Morgan fingerprint density at radius 2 is 1.94 bits per heavy atom. The van der Waals surface area contributed by atoms with Crippen LogP contribution in [0.25, 0.3) is 0 Å².